The van der Waals surface area contributed by atoms with Gasteiger partial charge in [-0.3, -0.25) is 4.79 Å². The third kappa shape index (κ3) is 4.04. The number of nitrogens with zero attached hydrogens (tertiary/aromatic N) is 1. The van der Waals surface area contributed by atoms with Crippen LogP contribution in [0.3, 0.4) is 0 Å². The maximum atomic E-state index is 14.8. The quantitative estimate of drug-likeness (QED) is 0.382. The molecule has 2 aliphatic rings. The number of hydrogen-bond donors (Lipinski definition) is 1. The number of carboxylic acid groups (broad SMARTS) is 1. The molecule has 1 saturated carbocycles. The Morgan fingerprint density at radius 3 is 2.75 bits per heavy atom. The summed E-state index contributed by atoms with van der Waals surface area (Å²) < 4.78 is 26.2. The van der Waals surface area contributed by atoms with Crippen molar-refractivity contribution in [3.8, 4) is 22.8 Å². The van der Waals surface area contributed by atoms with Gasteiger partial charge in [0.2, 0.25) is 5.88 Å². The van der Waals surface area contributed by atoms with Crippen molar-refractivity contribution in [1.82, 2.24) is 4.98 Å². The molecule has 2 aromatic carbocycles. The fourth-order valence-corrected chi connectivity index (χ4v) is 5.49. The number of aliphatic carboxylic acids is 1. The summed E-state index contributed by atoms with van der Waals surface area (Å²) in [4.78, 5) is 15.5. The summed E-state index contributed by atoms with van der Waals surface area (Å²) in [7, 11) is 1.50. The Labute approximate surface area is 210 Å². The molecule has 5 rings (SSSR count). The Balaban J connectivity index is 1.43. The Kier molecular flexibility index (Phi) is 5.86. The molecule has 2 aliphatic carbocycles. The Morgan fingerprint density at radius 2 is 2.06 bits per heavy atom. The van der Waals surface area contributed by atoms with E-state index in [2.05, 4.69) is 17.6 Å². The van der Waals surface area contributed by atoms with Crippen LogP contribution < -0.4 is 9.47 Å². The number of aryl methyl sites for hydroxylation is 1. The normalized spacial score (nSPS) is 20.2. The topological polar surface area (TPSA) is 68.7 Å². The first-order valence-electron chi connectivity index (χ1n) is 12.1. The zero-order chi connectivity index (χ0) is 25.7. The van der Waals surface area contributed by atoms with E-state index in [9.17, 15) is 14.3 Å². The van der Waals surface area contributed by atoms with Crippen LogP contribution in [0.15, 0.2) is 61.3 Å². The predicted molar refractivity (Wildman–Crippen MR) is 136 cm³/mol. The second-order valence-electron chi connectivity index (χ2n) is 10.4. The minimum Gasteiger partial charge on any atom is -0.489 e. The molecule has 0 radical (unpaired) electrons. The lowest BCUT2D eigenvalue weighted by atomic mass is 9.79. The fourth-order valence-electron chi connectivity index (χ4n) is 5.49. The maximum absolute atomic E-state index is 14.8. The van der Waals surface area contributed by atoms with Crippen molar-refractivity contribution in [3.63, 3.8) is 0 Å². The number of pyridine rings is 1. The molecule has 36 heavy (non-hydrogen) atoms. The molecule has 6 heteroatoms. The molecule has 0 saturated heterocycles. The van der Waals surface area contributed by atoms with E-state index in [1.807, 2.05) is 50.3 Å². The molecule has 1 N–H and O–H groups in total. The molecule has 0 amide bonds. The van der Waals surface area contributed by atoms with Crippen molar-refractivity contribution in [2.24, 2.45) is 5.92 Å². The molecule has 5 nitrogen and oxygen atoms in total. The Hall–Kier alpha value is -3.67. The number of carbonyl (C=O) groups is 1. The van der Waals surface area contributed by atoms with Gasteiger partial charge in [-0.15, -0.1) is 6.58 Å². The molecule has 3 aromatic rings. The lowest BCUT2D eigenvalue weighted by Gasteiger charge is -2.25. The van der Waals surface area contributed by atoms with Crippen LogP contribution in [0.2, 0.25) is 0 Å². The number of fused-ring (bicyclic) bond motifs is 2. The molecular weight excluding hydrogens is 457 g/mol. The maximum Gasteiger partial charge on any atom is 0.307 e. The van der Waals surface area contributed by atoms with Crippen molar-refractivity contribution >= 4 is 5.97 Å². The smallest absolute Gasteiger partial charge is 0.307 e. The molecule has 1 heterocycles. The van der Waals surface area contributed by atoms with Crippen molar-refractivity contribution < 1.29 is 23.8 Å². The van der Waals surface area contributed by atoms with E-state index in [0.717, 1.165) is 40.8 Å². The highest BCUT2D eigenvalue weighted by Crippen LogP contribution is 2.62. The summed E-state index contributed by atoms with van der Waals surface area (Å²) in [5.41, 5.74) is 4.72. The SMILES string of the molecule is C=CC(C)(C)c1cc(COc2ccc3c(c2)[C@]2(CC3)C[C@H]2C(=O)O)ccc1-c1cc(OC)ncc1F. The van der Waals surface area contributed by atoms with E-state index < -0.39 is 17.2 Å². The lowest BCUT2D eigenvalue weighted by molar-refractivity contribution is -0.139. The van der Waals surface area contributed by atoms with E-state index in [1.165, 1.54) is 18.9 Å². The van der Waals surface area contributed by atoms with Crippen molar-refractivity contribution in [2.45, 2.75) is 50.5 Å². The van der Waals surface area contributed by atoms with Gasteiger partial charge in [-0.2, -0.15) is 0 Å². The number of aromatic nitrogens is 1. The zero-order valence-corrected chi connectivity index (χ0v) is 20.8. The van der Waals surface area contributed by atoms with Crippen LogP contribution in [-0.2, 0) is 28.7 Å². The third-order valence-electron chi connectivity index (χ3n) is 7.86. The number of benzene rings is 2. The Morgan fingerprint density at radius 1 is 1.25 bits per heavy atom. The number of carboxylic acids is 1. The molecular formula is C30H30FNO4. The molecule has 1 spiro atoms. The van der Waals surface area contributed by atoms with Crippen LogP contribution >= 0.6 is 0 Å². The molecule has 186 valence electrons. The van der Waals surface area contributed by atoms with Crippen LogP contribution in [0.25, 0.3) is 11.1 Å². The molecule has 1 aromatic heterocycles. The van der Waals surface area contributed by atoms with E-state index in [-0.39, 0.29) is 11.3 Å². The van der Waals surface area contributed by atoms with E-state index in [4.69, 9.17) is 9.47 Å². The van der Waals surface area contributed by atoms with Crippen molar-refractivity contribution in [2.75, 3.05) is 7.11 Å². The van der Waals surface area contributed by atoms with Crippen LogP contribution in [0, 0.1) is 11.7 Å². The van der Waals surface area contributed by atoms with Gasteiger partial charge in [0.25, 0.3) is 0 Å². The van der Waals surface area contributed by atoms with E-state index in [1.54, 1.807) is 6.07 Å². The highest BCUT2D eigenvalue weighted by atomic mass is 19.1. The minimum absolute atomic E-state index is 0.223. The van der Waals surface area contributed by atoms with Gasteiger partial charge in [-0.1, -0.05) is 44.2 Å². The largest absolute Gasteiger partial charge is 0.489 e. The van der Waals surface area contributed by atoms with Crippen LogP contribution in [0.1, 0.15) is 48.9 Å². The summed E-state index contributed by atoms with van der Waals surface area (Å²) >= 11 is 0. The number of allylic oxidation sites excluding steroid dienone is 1. The highest BCUT2D eigenvalue weighted by molar-refractivity contribution is 5.78. The summed E-state index contributed by atoms with van der Waals surface area (Å²) in [6.07, 6.45) is 5.53. The van der Waals surface area contributed by atoms with E-state index in [0.29, 0.717) is 24.5 Å². The van der Waals surface area contributed by atoms with Crippen LogP contribution in [-0.4, -0.2) is 23.2 Å². The van der Waals surface area contributed by atoms with E-state index >= 15 is 0 Å². The van der Waals surface area contributed by atoms with Gasteiger partial charge in [0.15, 0.2) is 0 Å². The second kappa shape index (κ2) is 8.77. The summed E-state index contributed by atoms with van der Waals surface area (Å²) in [6, 6.07) is 13.5. The number of halogens is 1. The fraction of sp³-hybridized carbons (Fsp3) is 0.333. The molecule has 0 bridgehead atoms. The molecule has 1 fully saturated rings. The van der Waals surface area contributed by atoms with Crippen LogP contribution in [0.4, 0.5) is 4.39 Å². The van der Waals surface area contributed by atoms with Crippen molar-refractivity contribution in [1.29, 1.82) is 0 Å². The summed E-state index contributed by atoms with van der Waals surface area (Å²) in [6.45, 7) is 8.39. The Bertz CT molecular complexity index is 1370. The van der Waals surface area contributed by atoms with Crippen LogP contribution in [0.5, 0.6) is 11.6 Å². The highest BCUT2D eigenvalue weighted by Gasteiger charge is 2.61. The standard InChI is InChI=1S/C30H30FNO4/c1-5-29(2,3)24-12-18(6-9-21(24)22-14-27(35-4)32-16-26(22)31)17-36-20-8-7-19-10-11-30(23(19)13-20)15-25(30)28(33)34/h5-9,12-14,16,25H,1,10-11,15,17H2,2-4H3,(H,33,34)/t25-,30-/m0/s1. The average molecular weight is 488 g/mol. The van der Waals surface area contributed by atoms with Crippen molar-refractivity contribution in [3.05, 3.63) is 89.4 Å². The number of hydrogen-bond acceptors (Lipinski definition) is 4. The van der Waals surface area contributed by atoms with Gasteiger partial charge in [0, 0.05) is 22.5 Å². The number of methoxy groups -OCH3 is 1. The second-order valence-corrected chi connectivity index (χ2v) is 10.4. The van der Waals surface area contributed by atoms with Gasteiger partial charge < -0.3 is 14.6 Å². The van der Waals surface area contributed by atoms with Gasteiger partial charge >= 0.3 is 5.97 Å². The molecule has 0 unspecified atom stereocenters. The zero-order valence-electron chi connectivity index (χ0n) is 20.8. The average Bonchev–Trinajstić information content (AvgIpc) is 3.52. The molecule has 2 atom stereocenters. The first kappa shape index (κ1) is 24.0. The first-order valence-corrected chi connectivity index (χ1v) is 12.1. The summed E-state index contributed by atoms with van der Waals surface area (Å²) in [5, 5.41) is 9.52. The van der Waals surface area contributed by atoms with Gasteiger partial charge in [-0.25, -0.2) is 9.37 Å². The molecule has 0 aliphatic heterocycles. The number of rotatable bonds is 8. The van der Waals surface area contributed by atoms with Gasteiger partial charge in [-0.05, 0) is 59.2 Å². The summed E-state index contributed by atoms with van der Waals surface area (Å²) in [5.74, 6) is -0.360. The van der Waals surface area contributed by atoms with Gasteiger partial charge in [0.1, 0.15) is 18.2 Å². The number of ether oxygens (including phenoxy) is 2. The van der Waals surface area contributed by atoms with Gasteiger partial charge in [0.05, 0.1) is 19.2 Å². The predicted octanol–water partition coefficient (Wildman–Crippen LogP) is 6.23. The minimum atomic E-state index is -0.713. The lowest BCUT2D eigenvalue weighted by Crippen LogP contribution is -2.15. The monoisotopic (exact) mass is 487 g/mol. The third-order valence-corrected chi connectivity index (χ3v) is 7.86. The first-order chi connectivity index (χ1) is 17.2.